The molecule has 1 fully saturated rings. The van der Waals surface area contributed by atoms with Crippen molar-refractivity contribution in [3.8, 4) is 0 Å². The van der Waals surface area contributed by atoms with E-state index in [1.165, 1.54) is 13.8 Å². The fraction of sp³-hybridized carbons (Fsp3) is 0.524. The molecule has 6 heteroatoms. The van der Waals surface area contributed by atoms with Crippen molar-refractivity contribution in [3.63, 3.8) is 0 Å². The van der Waals surface area contributed by atoms with Crippen molar-refractivity contribution in [2.45, 2.75) is 38.8 Å². The molecule has 148 valence electrons. The van der Waals surface area contributed by atoms with Crippen molar-refractivity contribution in [1.82, 2.24) is 9.80 Å². The predicted octanol–water partition coefficient (Wildman–Crippen LogP) is 1.89. The lowest BCUT2D eigenvalue weighted by atomic mass is 9.74. The summed E-state index contributed by atoms with van der Waals surface area (Å²) >= 11 is 0. The number of allylic oxidation sites excluding steroid dienone is 1. The van der Waals surface area contributed by atoms with Gasteiger partial charge in [0.25, 0.3) is 0 Å². The first-order chi connectivity index (χ1) is 12.9. The summed E-state index contributed by atoms with van der Waals surface area (Å²) in [5.74, 6) is -0.149. The van der Waals surface area contributed by atoms with Gasteiger partial charge in [0, 0.05) is 40.0 Å². The normalized spacial score (nSPS) is 22.0. The number of aliphatic hydroxyl groups is 1. The molecule has 27 heavy (non-hydrogen) atoms. The highest BCUT2D eigenvalue weighted by molar-refractivity contribution is 5.77. The molecule has 3 atom stereocenters. The Kier molecular flexibility index (Phi) is 7.56. The Morgan fingerprint density at radius 1 is 1.22 bits per heavy atom. The average molecular weight is 374 g/mol. The quantitative estimate of drug-likeness (QED) is 0.754. The monoisotopic (exact) mass is 374 g/mol. The lowest BCUT2D eigenvalue weighted by Gasteiger charge is -2.55. The van der Waals surface area contributed by atoms with Gasteiger partial charge in [-0.2, -0.15) is 0 Å². The molecule has 0 aromatic heterocycles. The number of amides is 2. The first-order valence-electron chi connectivity index (χ1n) is 9.31. The molecular formula is C21H30N2O4. The smallest absolute Gasteiger partial charge is 0.220 e. The highest BCUT2D eigenvalue weighted by atomic mass is 16.5. The molecule has 0 unspecified atom stereocenters. The van der Waals surface area contributed by atoms with Crippen molar-refractivity contribution < 1.29 is 19.4 Å². The first-order valence-corrected chi connectivity index (χ1v) is 9.31. The van der Waals surface area contributed by atoms with E-state index in [1.54, 1.807) is 16.9 Å². The van der Waals surface area contributed by atoms with Gasteiger partial charge in [0.05, 0.1) is 25.3 Å². The maximum absolute atomic E-state index is 12.2. The number of carbonyl (C=O) groups is 2. The molecule has 0 radical (unpaired) electrons. The topological polar surface area (TPSA) is 70.1 Å². The van der Waals surface area contributed by atoms with Crippen molar-refractivity contribution in [2.75, 3.05) is 33.4 Å². The molecule has 2 rings (SSSR count). The van der Waals surface area contributed by atoms with Crippen LogP contribution in [0, 0.1) is 0 Å². The Balaban J connectivity index is 2.28. The Labute approximate surface area is 161 Å². The molecule has 6 nitrogen and oxygen atoms in total. The fourth-order valence-electron chi connectivity index (χ4n) is 3.89. The molecule has 2 amide bonds. The summed E-state index contributed by atoms with van der Waals surface area (Å²) in [7, 11) is 1.60. The fourth-order valence-corrected chi connectivity index (χ4v) is 3.89. The Bertz CT molecular complexity index is 671. The third kappa shape index (κ3) is 4.76. The lowest BCUT2D eigenvalue weighted by Crippen LogP contribution is -2.68. The number of nitrogens with zero attached hydrogens (tertiary/aromatic N) is 2. The van der Waals surface area contributed by atoms with Crippen molar-refractivity contribution in [3.05, 3.63) is 41.5 Å². The second kappa shape index (κ2) is 9.67. The van der Waals surface area contributed by atoms with Crippen LogP contribution in [0.1, 0.15) is 37.8 Å². The van der Waals surface area contributed by atoms with Gasteiger partial charge in [-0.15, -0.1) is 0 Å². The van der Waals surface area contributed by atoms with Crippen molar-refractivity contribution in [1.29, 1.82) is 0 Å². The van der Waals surface area contributed by atoms with E-state index in [-0.39, 0.29) is 36.4 Å². The van der Waals surface area contributed by atoms with E-state index in [0.29, 0.717) is 19.7 Å². The zero-order chi connectivity index (χ0) is 20.0. The van der Waals surface area contributed by atoms with Crippen LogP contribution in [0.4, 0.5) is 0 Å². The van der Waals surface area contributed by atoms with E-state index in [4.69, 9.17) is 4.74 Å². The van der Waals surface area contributed by atoms with Crippen LogP contribution in [0.3, 0.4) is 0 Å². The van der Waals surface area contributed by atoms with Crippen LogP contribution in [0.5, 0.6) is 0 Å². The summed E-state index contributed by atoms with van der Waals surface area (Å²) in [6, 6.07) is 7.72. The van der Waals surface area contributed by atoms with Crippen LogP contribution < -0.4 is 0 Å². The number of rotatable bonds is 8. The van der Waals surface area contributed by atoms with E-state index in [2.05, 4.69) is 0 Å². The highest BCUT2D eigenvalue weighted by Gasteiger charge is 2.50. The second-order valence-electron chi connectivity index (χ2n) is 6.89. The van der Waals surface area contributed by atoms with E-state index >= 15 is 0 Å². The zero-order valence-corrected chi connectivity index (χ0v) is 16.6. The summed E-state index contributed by atoms with van der Waals surface area (Å²) < 4.78 is 5.10. The van der Waals surface area contributed by atoms with Gasteiger partial charge in [-0.05, 0) is 18.1 Å². The highest BCUT2D eigenvalue weighted by Crippen LogP contribution is 2.41. The molecule has 1 N–H and O–H groups in total. The summed E-state index contributed by atoms with van der Waals surface area (Å²) in [5.41, 5.74) is 2.17. The largest absolute Gasteiger partial charge is 0.394 e. The Hall–Kier alpha value is -2.18. The molecule has 0 aliphatic carbocycles. The minimum absolute atomic E-state index is 0.0112. The Morgan fingerprint density at radius 3 is 2.37 bits per heavy atom. The van der Waals surface area contributed by atoms with Crippen LogP contribution in [0.25, 0.3) is 6.08 Å². The maximum atomic E-state index is 12.2. The maximum Gasteiger partial charge on any atom is 0.220 e. The molecule has 1 aliphatic heterocycles. The number of benzene rings is 1. The molecule has 1 heterocycles. The van der Waals surface area contributed by atoms with Crippen molar-refractivity contribution in [2.24, 2.45) is 0 Å². The number of ether oxygens (including phenoxy) is 1. The summed E-state index contributed by atoms with van der Waals surface area (Å²) in [5, 5.41) is 9.87. The number of carbonyl (C=O) groups excluding carboxylic acids is 2. The minimum Gasteiger partial charge on any atom is -0.394 e. The lowest BCUT2D eigenvalue weighted by molar-refractivity contribution is -0.152. The van der Waals surface area contributed by atoms with Gasteiger partial charge in [-0.25, -0.2) is 0 Å². The minimum atomic E-state index is -0.267. The van der Waals surface area contributed by atoms with Gasteiger partial charge in [-0.3, -0.25) is 9.59 Å². The van der Waals surface area contributed by atoms with E-state index in [1.807, 2.05) is 43.3 Å². The molecule has 1 aromatic rings. The zero-order valence-electron chi connectivity index (χ0n) is 16.6. The molecule has 0 spiro atoms. The van der Waals surface area contributed by atoms with Crippen molar-refractivity contribution >= 4 is 17.9 Å². The number of aliphatic hydroxyl groups excluding tert-OH is 1. The summed E-state index contributed by atoms with van der Waals surface area (Å²) in [4.78, 5) is 27.6. The molecule has 1 saturated heterocycles. The molecule has 0 saturated carbocycles. The molecule has 1 aliphatic rings. The molecule has 1 aromatic carbocycles. The third-order valence-corrected chi connectivity index (χ3v) is 5.19. The van der Waals surface area contributed by atoms with E-state index in [0.717, 1.165) is 11.1 Å². The average Bonchev–Trinajstić information content (AvgIpc) is 2.61. The first kappa shape index (κ1) is 21.1. The van der Waals surface area contributed by atoms with Gasteiger partial charge in [0.15, 0.2) is 0 Å². The number of hydrogen-bond donors (Lipinski definition) is 1. The van der Waals surface area contributed by atoms with Gasteiger partial charge in [0.2, 0.25) is 11.8 Å². The van der Waals surface area contributed by atoms with Crippen LogP contribution in [0.2, 0.25) is 0 Å². The second-order valence-corrected chi connectivity index (χ2v) is 6.89. The van der Waals surface area contributed by atoms with Gasteiger partial charge in [0.1, 0.15) is 0 Å². The summed E-state index contributed by atoms with van der Waals surface area (Å²) in [6.07, 6.45) is 4.01. The van der Waals surface area contributed by atoms with Gasteiger partial charge in [-0.1, -0.05) is 36.4 Å². The third-order valence-electron chi connectivity index (χ3n) is 5.19. The van der Waals surface area contributed by atoms with Gasteiger partial charge < -0.3 is 19.6 Å². The van der Waals surface area contributed by atoms with E-state index < -0.39 is 0 Å². The van der Waals surface area contributed by atoms with Gasteiger partial charge >= 0.3 is 0 Å². The van der Waals surface area contributed by atoms with E-state index in [9.17, 15) is 14.7 Å². The summed E-state index contributed by atoms with van der Waals surface area (Å²) in [6.45, 7) is 6.25. The van der Waals surface area contributed by atoms with Crippen LogP contribution in [-0.2, 0) is 14.3 Å². The number of hydrogen-bond acceptors (Lipinski definition) is 4. The van der Waals surface area contributed by atoms with Crippen LogP contribution >= 0.6 is 0 Å². The SMILES string of the molecule is C/C=C/c1ccc([C@H]2[C@@H](CO)N(C(C)=O)[C@H]2CN(CCOC)C(C)=O)cc1. The molecule has 0 bridgehead atoms. The van der Waals surface area contributed by atoms with Crippen LogP contribution in [-0.4, -0.2) is 72.2 Å². The standard InChI is InChI=1S/C21H30N2O4/c1-5-6-17-7-9-18(10-8-17)21-19(23(16(3)26)20(21)14-24)13-22(15(2)25)11-12-27-4/h5-10,19-21,24H,11-14H2,1-4H3/b6-5+/t19-,20+,21+/m0/s1. The predicted molar refractivity (Wildman–Crippen MR) is 105 cm³/mol. The molecular weight excluding hydrogens is 344 g/mol. The van der Waals surface area contributed by atoms with Crippen LogP contribution in [0.15, 0.2) is 30.3 Å². The Morgan fingerprint density at radius 2 is 1.89 bits per heavy atom. The number of likely N-dealkylation sites (tertiary alicyclic amines) is 1. The number of methoxy groups -OCH3 is 1.